The van der Waals surface area contributed by atoms with Crippen LogP contribution in [0.1, 0.15) is 16.7 Å². The summed E-state index contributed by atoms with van der Waals surface area (Å²) in [7, 11) is 4.07. The maximum absolute atomic E-state index is 6.10. The van der Waals surface area contributed by atoms with Gasteiger partial charge in [0.2, 0.25) is 0 Å². The molecule has 3 heteroatoms. The molecule has 0 unspecified atom stereocenters. The molecule has 0 fully saturated rings. The molecule has 106 valence electrons. The van der Waals surface area contributed by atoms with Gasteiger partial charge in [-0.1, -0.05) is 29.8 Å². The second-order valence-electron chi connectivity index (χ2n) is 5.27. The van der Waals surface area contributed by atoms with Gasteiger partial charge >= 0.3 is 0 Å². The van der Waals surface area contributed by atoms with E-state index in [9.17, 15) is 0 Å². The summed E-state index contributed by atoms with van der Waals surface area (Å²) in [5.74, 6) is 0. The molecule has 0 saturated heterocycles. The SMILES string of the molecule is Cc1cccc(CNc2cc(Cl)ccc2N(C)C)c1C. The van der Waals surface area contributed by atoms with E-state index in [1.165, 1.54) is 16.7 Å². The van der Waals surface area contributed by atoms with Crippen LogP contribution < -0.4 is 10.2 Å². The number of aryl methyl sites for hydroxylation is 1. The lowest BCUT2D eigenvalue weighted by molar-refractivity contribution is 1.08. The van der Waals surface area contributed by atoms with Crippen molar-refractivity contribution in [3.63, 3.8) is 0 Å². The Kier molecular flexibility index (Phi) is 4.56. The quantitative estimate of drug-likeness (QED) is 0.882. The molecular weight excluding hydrogens is 268 g/mol. The number of rotatable bonds is 4. The summed E-state index contributed by atoms with van der Waals surface area (Å²) in [5.41, 5.74) is 6.18. The largest absolute Gasteiger partial charge is 0.379 e. The number of nitrogens with one attached hydrogen (secondary N) is 1. The van der Waals surface area contributed by atoms with Crippen molar-refractivity contribution in [1.82, 2.24) is 0 Å². The second-order valence-corrected chi connectivity index (χ2v) is 5.70. The molecule has 0 aliphatic heterocycles. The Hall–Kier alpha value is -1.67. The summed E-state index contributed by atoms with van der Waals surface area (Å²) in [5, 5.41) is 4.24. The van der Waals surface area contributed by atoms with Crippen molar-refractivity contribution < 1.29 is 0 Å². The Morgan fingerprint density at radius 2 is 1.85 bits per heavy atom. The van der Waals surface area contributed by atoms with Crippen LogP contribution in [0.25, 0.3) is 0 Å². The minimum Gasteiger partial charge on any atom is -0.379 e. The molecule has 2 aromatic rings. The summed E-state index contributed by atoms with van der Waals surface area (Å²) < 4.78 is 0. The highest BCUT2D eigenvalue weighted by molar-refractivity contribution is 6.31. The minimum atomic E-state index is 0.749. The lowest BCUT2D eigenvalue weighted by Gasteiger charge is -2.19. The van der Waals surface area contributed by atoms with Gasteiger partial charge in [-0.05, 0) is 48.7 Å². The van der Waals surface area contributed by atoms with Crippen molar-refractivity contribution >= 4 is 23.0 Å². The zero-order chi connectivity index (χ0) is 14.7. The van der Waals surface area contributed by atoms with Crippen LogP contribution in [0.5, 0.6) is 0 Å². The molecule has 0 heterocycles. The molecular formula is C17H21ClN2. The number of anilines is 2. The average molecular weight is 289 g/mol. The first-order chi connectivity index (χ1) is 9.49. The molecule has 2 rings (SSSR count). The fraction of sp³-hybridized carbons (Fsp3) is 0.294. The van der Waals surface area contributed by atoms with Gasteiger partial charge in [-0.25, -0.2) is 0 Å². The summed E-state index contributed by atoms with van der Waals surface area (Å²) in [6.07, 6.45) is 0. The minimum absolute atomic E-state index is 0.749. The van der Waals surface area contributed by atoms with Crippen LogP contribution in [0.4, 0.5) is 11.4 Å². The van der Waals surface area contributed by atoms with Crippen molar-refractivity contribution in [3.8, 4) is 0 Å². The summed E-state index contributed by atoms with van der Waals surface area (Å²) >= 11 is 6.10. The first-order valence-corrected chi connectivity index (χ1v) is 7.12. The van der Waals surface area contributed by atoms with Gasteiger partial charge in [0.25, 0.3) is 0 Å². The highest BCUT2D eigenvalue weighted by Crippen LogP contribution is 2.28. The van der Waals surface area contributed by atoms with Gasteiger partial charge in [-0.2, -0.15) is 0 Å². The topological polar surface area (TPSA) is 15.3 Å². The molecule has 0 aliphatic carbocycles. The number of hydrogen-bond donors (Lipinski definition) is 1. The molecule has 0 amide bonds. The number of hydrogen-bond acceptors (Lipinski definition) is 2. The zero-order valence-corrected chi connectivity index (χ0v) is 13.3. The normalized spacial score (nSPS) is 10.4. The highest BCUT2D eigenvalue weighted by atomic mass is 35.5. The third-order valence-electron chi connectivity index (χ3n) is 3.63. The summed E-state index contributed by atoms with van der Waals surface area (Å²) in [6.45, 7) is 5.11. The molecule has 20 heavy (non-hydrogen) atoms. The van der Waals surface area contributed by atoms with E-state index in [-0.39, 0.29) is 0 Å². The molecule has 2 aromatic carbocycles. The van der Waals surface area contributed by atoms with Crippen LogP contribution in [0, 0.1) is 13.8 Å². The Balaban J connectivity index is 2.22. The van der Waals surface area contributed by atoms with Gasteiger partial charge in [-0.3, -0.25) is 0 Å². The number of nitrogens with zero attached hydrogens (tertiary/aromatic N) is 1. The van der Waals surface area contributed by atoms with E-state index >= 15 is 0 Å². The molecule has 1 N–H and O–H groups in total. The number of benzene rings is 2. The fourth-order valence-corrected chi connectivity index (χ4v) is 2.41. The molecule has 0 saturated carbocycles. The van der Waals surface area contributed by atoms with Gasteiger partial charge in [0, 0.05) is 25.7 Å². The molecule has 0 aliphatic rings. The Morgan fingerprint density at radius 3 is 2.55 bits per heavy atom. The standard InChI is InChI=1S/C17H21ClN2/c1-12-6-5-7-14(13(12)2)11-19-16-10-15(18)8-9-17(16)20(3)4/h5-10,19H,11H2,1-4H3. The van der Waals surface area contributed by atoms with E-state index in [1.54, 1.807) is 0 Å². The fourth-order valence-electron chi connectivity index (χ4n) is 2.23. The Morgan fingerprint density at radius 1 is 1.10 bits per heavy atom. The lowest BCUT2D eigenvalue weighted by Crippen LogP contribution is -2.12. The third-order valence-corrected chi connectivity index (χ3v) is 3.86. The van der Waals surface area contributed by atoms with Crippen LogP contribution in [0.15, 0.2) is 36.4 Å². The lowest BCUT2D eigenvalue weighted by atomic mass is 10.0. The molecule has 0 atom stereocenters. The highest BCUT2D eigenvalue weighted by Gasteiger charge is 2.06. The van der Waals surface area contributed by atoms with Gasteiger partial charge in [0.05, 0.1) is 11.4 Å². The average Bonchev–Trinajstić information content (AvgIpc) is 2.40. The molecule has 0 spiro atoms. The van der Waals surface area contributed by atoms with Crippen LogP contribution >= 0.6 is 11.6 Å². The first-order valence-electron chi connectivity index (χ1n) is 6.75. The first kappa shape index (κ1) is 14.7. The van der Waals surface area contributed by atoms with E-state index in [2.05, 4.69) is 42.3 Å². The van der Waals surface area contributed by atoms with Crippen molar-refractivity contribution in [2.75, 3.05) is 24.3 Å². The van der Waals surface area contributed by atoms with E-state index in [4.69, 9.17) is 11.6 Å². The Labute approximate surface area is 126 Å². The Bertz CT molecular complexity index is 606. The summed E-state index contributed by atoms with van der Waals surface area (Å²) in [4.78, 5) is 2.09. The van der Waals surface area contributed by atoms with E-state index in [0.29, 0.717) is 0 Å². The summed E-state index contributed by atoms with van der Waals surface area (Å²) in [6, 6.07) is 12.3. The third kappa shape index (κ3) is 3.26. The van der Waals surface area contributed by atoms with Gasteiger partial charge in [0.1, 0.15) is 0 Å². The van der Waals surface area contributed by atoms with E-state index < -0.39 is 0 Å². The van der Waals surface area contributed by atoms with Crippen molar-refractivity contribution in [1.29, 1.82) is 0 Å². The maximum Gasteiger partial charge on any atom is 0.0597 e. The van der Waals surface area contributed by atoms with Crippen molar-refractivity contribution in [2.24, 2.45) is 0 Å². The van der Waals surface area contributed by atoms with E-state index in [1.807, 2.05) is 32.3 Å². The van der Waals surface area contributed by atoms with Crippen molar-refractivity contribution in [3.05, 3.63) is 58.1 Å². The predicted molar refractivity (Wildman–Crippen MR) is 89.0 cm³/mol. The maximum atomic E-state index is 6.10. The van der Waals surface area contributed by atoms with Gasteiger partial charge < -0.3 is 10.2 Å². The van der Waals surface area contributed by atoms with Crippen LogP contribution in [-0.2, 0) is 6.54 Å². The van der Waals surface area contributed by atoms with Crippen LogP contribution in [0.3, 0.4) is 0 Å². The molecule has 0 aromatic heterocycles. The molecule has 0 bridgehead atoms. The van der Waals surface area contributed by atoms with Crippen molar-refractivity contribution in [2.45, 2.75) is 20.4 Å². The van der Waals surface area contributed by atoms with Crippen LogP contribution in [0.2, 0.25) is 5.02 Å². The molecule has 0 radical (unpaired) electrons. The molecule has 2 nitrogen and oxygen atoms in total. The van der Waals surface area contributed by atoms with Gasteiger partial charge in [0.15, 0.2) is 0 Å². The predicted octanol–water partition coefficient (Wildman–Crippen LogP) is 4.63. The zero-order valence-electron chi connectivity index (χ0n) is 12.5. The monoisotopic (exact) mass is 288 g/mol. The second kappa shape index (κ2) is 6.19. The number of halogens is 1. The van der Waals surface area contributed by atoms with E-state index in [0.717, 1.165) is 22.9 Å². The smallest absolute Gasteiger partial charge is 0.0597 e. The van der Waals surface area contributed by atoms with Crippen LogP contribution in [-0.4, -0.2) is 14.1 Å². The van der Waals surface area contributed by atoms with Gasteiger partial charge in [-0.15, -0.1) is 0 Å².